The summed E-state index contributed by atoms with van der Waals surface area (Å²) in [7, 11) is 0. The fourth-order valence-electron chi connectivity index (χ4n) is 1.42. The predicted octanol–water partition coefficient (Wildman–Crippen LogP) is 2.16. The first kappa shape index (κ1) is 14.0. The molecule has 0 unspecified atom stereocenters. The molecule has 0 saturated carbocycles. The van der Waals surface area contributed by atoms with Gasteiger partial charge in [0.1, 0.15) is 5.75 Å². The topological polar surface area (TPSA) is 62.1 Å². The molecule has 0 spiro atoms. The van der Waals surface area contributed by atoms with E-state index in [4.69, 9.17) is 10.00 Å². The summed E-state index contributed by atoms with van der Waals surface area (Å²) in [6.45, 7) is 7.55. The summed E-state index contributed by atoms with van der Waals surface area (Å²) in [5.74, 6) is 0.391. The van der Waals surface area contributed by atoms with E-state index in [1.54, 1.807) is 18.2 Å². The number of ether oxygens (including phenoxy) is 1. The molecule has 18 heavy (non-hydrogen) atoms. The molecule has 0 fully saturated rings. The number of carbonyl (C=O) groups is 1. The quantitative estimate of drug-likeness (QED) is 0.889. The summed E-state index contributed by atoms with van der Waals surface area (Å²) in [6, 6.07) is 7.20. The molecule has 0 radical (unpaired) electrons. The molecule has 0 aliphatic rings. The summed E-state index contributed by atoms with van der Waals surface area (Å²) >= 11 is 0. The van der Waals surface area contributed by atoms with Gasteiger partial charge < -0.3 is 10.1 Å². The van der Waals surface area contributed by atoms with Crippen LogP contribution in [-0.4, -0.2) is 18.1 Å². The van der Waals surface area contributed by atoms with Gasteiger partial charge in [0.2, 0.25) is 0 Å². The second kappa shape index (κ2) is 5.54. The summed E-state index contributed by atoms with van der Waals surface area (Å²) in [6.07, 6.45) is 0. The van der Waals surface area contributed by atoms with Crippen molar-refractivity contribution in [2.75, 3.05) is 6.61 Å². The summed E-state index contributed by atoms with van der Waals surface area (Å²) < 4.78 is 5.42. The van der Waals surface area contributed by atoms with Gasteiger partial charge in [0.25, 0.3) is 5.91 Å². The second-order valence-corrected chi connectivity index (χ2v) is 5.18. The number of hydrogen-bond acceptors (Lipinski definition) is 3. The lowest BCUT2D eigenvalue weighted by Crippen LogP contribution is -2.43. The van der Waals surface area contributed by atoms with Crippen LogP contribution < -0.4 is 10.1 Å². The van der Waals surface area contributed by atoms with E-state index in [9.17, 15) is 4.79 Å². The first-order valence-electron chi connectivity index (χ1n) is 5.76. The van der Waals surface area contributed by atoms with Gasteiger partial charge in [-0.1, -0.05) is 6.07 Å². The molecule has 96 valence electrons. The van der Waals surface area contributed by atoms with E-state index in [0.717, 1.165) is 5.56 Å². The second-order valence-electron chi connectivity index (χ2n) is 5.18. The van der Waals surface area contributed by atoms with E-state index in [-0.39, 0.29) is 18.1 Å². The Balaban J connectivity index is 2.64. The Morgan fingerprint density at radius 2 is 2.11 bits per heavy atom. The normalized spacial score (nSPS) is 10.6. The van der Waals surface area contributed by atoms with Gasteiger partial charge in [0, 0.05) is 5.54 Å². The number of rotatable bonds is 3. The molecule has 1 rings (SSSR count). The van der Waals surface area contributed by atoms with Crippen LogP contribution in [0.2, 0.25) is 0 Å². The molecule has 4 heteroatoms. The van der Waals surface area contributed by atoms with Gasteiger partial charge >= 0.3 is 0 Å². The van der Waals surface area contributed by atoms with Crippen LogP contribution in [0.25, 0.3) is 0 Å². The average Bonchev–Trinajstić information content (AvgIpc) is 2.25. The van der Waals surface area contributed by atoms with Crippen molar-refractivity contribution in [1.29, 1.82) is 5.26 Å². The van der Waals surface area contributed by atoms with Crippen molar-refractivity contribution >= 4 is 5.91 Å². The molecular formula is C14H18N2O2. The lowest BCUT2D eigenvalue weighted by Gasteiger charge is -2.20. The highest BCUT2D eigenvalue weighted by atomic mass is 16.5. The van der Waals surface area contributed by atoms with E-state index in [0.29, 0.717) is 11.3 Å². The number of benzene rings is 1. The molecule has 0 aromatic heterocycles. The summed E-state index contributed by atoms with van der Waals surface area (Å²) in [5.41, 5.74) is 1.15. The fourth-order valence-corrected chi connectivity index (χ4v) is 1.42. The van der Waals surface area contributed by atoms with Crippen molar-refractivity contribution in [3.63, 3.8) is 0 Å². The van der Waals surface area contributed by atoms with Crippen molar-refractivity contribution in [1.82, 2.24) is 5.32 Å². The zero-order valence-corrected chi connectivity index (χ0v) is 11.2. The van der Waals surface area contributed by atoms with Crippen LogP contribution in [0, 0.1) is 18.3 Å². The third-order valence-electron chi connectivity index (χ3n) is 2.19. The molecule has 0 aliphatic carbocycles. The van der Waals surface area contributed by atoms with Crippen LogP contribution in [0.3, 0.4) is 0 Å². The molecular weight excluding hydrogens is 228 g/mol. The molecule has 0 aliphatic heterocycles. The first-order chi connectivity index (χ1) is 8.31. The van der Waals surface area contributed by atoms with Gasteiger partial charge in [-0.3, -0.25) is 4.79 Å². The Labute approximate surface area is 108 Å². The standard InChI is InChI=1S/C14H18N2O2/c1-10-5-6-11(8-15)7-12(10)18-9-13(17)16-14(2,3)4/h5-7H,9H2,1-4H3,(H,16,17). The molecule has 0 bridgehead atoms. The number of carbonyl (C=O) groups excluding carboxylic acids is 1. The molecule has 1 amide bonds. The maximum Gasteiger partial charge on any atom is 0.258 e. The van der Waals surface area contributed by atoms with E-state index < -0.39 is 0 Å². The zero-order chi connectivity index (χ0) is 13.8. The smallest absolute Gasteiger partial charge is 0.258 e. The van der Waals surface area contributed by atoms with Crippen molar-refractivity contribution in [3.05, 3.63) is 29.3 Å². The highest BCUT2D eigenvalue weighted by Gasteiger charge is 2.14. The van der Waals surface area contributed by atoms with Gasteiger partial charge in [-0.15, -0.1) is 0 Å². The number of nitriles is 1. The molecule has 1 aromatic rings. The average molecular weight is 246 g/mol. The van der Waals surface area contributed by atoms with Gasteiger partial charge in [-0.25, -0.2) is 0 Å². The molecule has 4 nitrogen and oxygen atoms in total. The Kier molecular flexibility index (Phi) is 4.33. The molecule has 0 atom stereocenters. The molecule has 0 saturated heterocycles. The Hall–Kier alpha value is -2.02. The van der Waals surface area contributed by atoms with Crippen molar-refractivity contribution in [2.24, 2.45) is 0 Å². The van der Waals surface area contributed by atoms with Crippen LogP contribution in [0.4, 0.5) is 0 Å². The van der Waals surface area contributed by atoms with Gasteiger partial charge in [-0.05, 0) is 45.4 Å². The van der Waals surface area contributed by atoms with Crippen molar-refractivity contribution < 1.29 is 9.53 Å². The van der Waals surface area contributed by atoms with Crippen LogP contribution in [0.5, 0.6) is 5.75 Å². The number of nitrogens with zero attached hydrogens (tertiary/aromatic N) is 1. The van der Waals surface area contributed by atoms with E-state index in [2.05, 4.69) is 5.32 Å². The lowest BCUT2D eigenvalue weighted by molar-refractivity contribution is -0.124. The van der Waals surface area contributed by atoms with Gasteiger partial charge in [0.05, 0.1) is 11.6 Å². The monoisotopic (exact) mass is 246 g/mol. The zero-order valence-electron chi connectivity index (χ0n) is 11.2. The minimum Gasteiger partial charge on any atom is -0.483 e. The Morgan fingerprint density at radius 1 is 1.44 bits per heavy atom. The maximum absolute atomic E-state index is 11.6. The van der Waals surface area contributed by atoms with Crippen LogP contribution in [0.15, 0.2) is 18.2 Å². The largest absolute Gasteiger partial charge is 0.483 e. The Morgan fingerprint density at radius 3 is 2.67 bits per heavy atom. The van der Waals surface area contributed by atoms with Crippen LogP contribution in [-0.2, 0) is 4.79 Å². The molecule has 0 heterocycles. The number of hydrogen-bond donors (Lipinski definition) is 1. The minimum absolute atomic E-state index is 0.0486. The third-order valence-corrected chi connectivity index (χ3v) is 2.19. The number of amides is 1. The minimum atomic E-state index is -0.274. The Bertz CT molecular complexity index is 482. The molecule has 1 aromatic carbocycles. The van der Waals surface area contributed by atoms with Gasteiger partial charge in [0.15, 0.2) is 6.61 Å². The number of aryl methyl sites for hydroxylation is 1. The van der Waals surface area contributed by atoms with E-state index in [1.165, 1.54) is 0 Å². The maximum atomic E-state index is 11.6. The third kappa shape index (κ3) is 4.46. The lowest BCUT2D eigenvalue weighted by atomic mass is 10.1. The van der Waals surface area contributed by atoms with E-state index in [1.807, 2.05) is 33.8 Å². The SMILES string of the molecule is Cc1ccc(C#N)cc1OCC(=O)NC(C)(C)C. The van der Waals surface area contributed by atoms with Gasteiger partial charge in [-0.2, -0.15) is 5.26 Å². The van der Waals surface area contributed by atoms with Crippen LogP contribution >= 0.6 is 0 Å². The van der Waals surface area contributed by atoms with Crippen LogP contribution in [0.1, 0.15) is 31.9 Å². The highest BCUT2D eigenvalue weighted by molar-refractivity contribution is 5.78. The highest BCUT2D eigenvalue weighted by Crippen LogP contribution is 2.19. The fraction of sp³-hybridized carbons (Fsp3) is 0.429. The predicted molar refractivity (Wildman–Crippen MR) is 69.3 cm³/mol. The van der Waals surface area contributed by atoms with E-state index >= 15 is 0 Å². The molecule has 1 N–H and O–H groups in total. The number of nitrogens with one attached hydrogen (secondary N) is 1. The van der Waals surface area contributed by atoms with Crippen molar-refractivity contribution in [3.8, 4) is 11.8 Å². The first-order valence-corrected chi connectivity index (χ1v) is 5.76. The summed E-state index contributed by atoms with van der Waals surface area (Å²) in [5, 5.41) is 11.6. The van der Waals surface area contributed by atoms with Crippen molar-refractivity contribution in [2.45, 2.75) is 33.2 Å². The summed E-state index contributed by atoms with van der Waals surface area (Å²) in [4.78, 5) is 11.6.